The Hall–Kier alpha value is -1.42. The number of nitrogens with two attached hydrogens (primary N) is 1. The third kappa shape index (κ3) is 1.67. The Balaban J connectivity index is 2.28. The van der Waals surface area contributed by atoms with E-state index >= 15 is 0 Å². The lowest BCUT2D eigenvalue weighted by Gasteiger charge is -1.88. The van der Waals surface area contributed by atoms with E-state index in [2.05, 4.69) is 10.1 Å². The maximum Gasteiger partial charge on any atom is 0.155 e. The van der Waals surface area contributed by atoms with E-state index in [-0.39, 0.29) is 0 Å². The van der Waals surface area contributed by atoms with Gasteiger partial charge < -0.3 is 5.73 Å². The molecule has 2 rings (SSSR count). The van der Waals surface area contributed by atoms with Gasteiger partial charge in [0.2, 0.25) is 0 Å². The van der Waals surface area contributed by atoms with E-state index in [0.717, 1.165) is 24.3 Å². The van der Waals surface area contributed by atoms with Gasteiger partial charge in [-0.1, -0.05) is 6.07 Å². The summed E-state index contributed by atoms with van der Waals surface area (Å²) in [4.78, 5) is 4.35. The van der Waals surface area contributed by atoms with Crippen molar-refractivity contribution in [1.82, 2.24) is 14.6 Å². The summed E-state index contributed by atoms with van der Waals surface area (Å²) in [6, 6.07) is 5.84. The second-order valence-electron chi connectivity index (χ2n) is 2.92. The average Bonchev–Trinajstić information content (AvgIpc) is 2.57. The third-order valence-corrected chi connectivity index (χ3v) is 1.89. The fraction of sp³-hybridized carbons (Fsp3) is 0.333. The topological polar surface area (TPSA) is 56.2 Å². The number of rotatable bonds is 3. The molecule has 0 spiro atoms. The lowest BCUT2D eigenvalue weighted by Crippen LogP contribution is -2.01. The van der Waals surface area contributed by atoms with E-state index in [9.17, 15) is 0 Å². The molecule has 0 aliphatic rings. The lowest BCUT2D eigenvalue weighted by molar-refractivity contribution is 0.774. The van der Waals surface area contributed by atoms with Gasteiger partial charge in [0.25, 0.3) is 0 Å². The first-order chi connectivity index (χ1) is 6.40. The van der Waals surface area contributed by atoms with Gasteiger partial charge in [0.05, 0.1) is 0 Å². The first kappa shape index (κ1) is 8.19. The predicted molar refractivity (Wildman–Crippen MR) is 50.4 cm³/mol. The van der Waals surface area contributed by atoms with Crippen molar-refractivity contribution in [2.24, 2.45) is 5.73 Å². The van der Waals surface area contributed by atoms with Crippen LogP contribution in [0.2, 0.25) is 0 Å². The van der Waals surface area contributed by atoms with Crippen molar-refractivity contribution >= 4 is 5.65 Å². The zero-order chi connectivity index (χ0) is 9.10. The van der Waals surface area contributed by atoms with E-state index in [1.165, 1.54) is 0 Å². The normalized spacial score (nSPS) is 10.8. The molecule has 0 amide bonds. The Kier molecular flexibility index (Phi) is 2.23. The summed E-state index contributed by atoms with van der Waals surface area (Å²) in [5.74, 6) is 0.872. The zero-order valence-electron chi connectivity index (χ0n) is 7.35. The van der Waals surface area contributed by atoms with E-state index in [1.54, 1.807) is 4.52 Å². The Labute approximate surface area is 76.4 Å². The van der Waals surface area contributed by atoms with Gasteiger partial charge in [-0.2, -0.15) is 5.10 Å². The Morgan fingerprint density at radius 3 is 3.08 bits per heavy atom. The SMILES string of the molecule is NCCCc1nc2ccccn2n1. The van der Waals surface area contributed by atoms with Gasteiger partial charge in [-0.25, -0.2) is 9.50 Å². The van der Waals surface area contributed by atoms with Crippen LogP contribution in [0.5, 0.6) is 0 Å². The molecule has 0 bridgehead atoms. The van der Waals surface area contributed by atoms with Crippen LogP contribution in [0.4, 0.5) is 0 Å². The highest BCUT2D eigenvalue weighted by Crippen LogP contribution is 2.01. The molecule has 0 saturated heterocycles. The van der Waals surface area contributed by atoms with Gasteiger partial charge in [-0.05, 0) is 25.1 Å². The largest absolute Gasteiger partial charge is 0.330 e. The maximum atomic E-state index is 5.41. The van der Waals surface area contributed by atoms with Crippen LogP contribution in [0.1, 0.15) is 12.2 Å². The van der Waals surface area contributed by atoms with Crippen LogP contribution < -0.4 is 5.73 Å². The molecule has 0 aromatic carbocycles. The molecule has 4 nitrogen and oxygen atoms in total. The molecule has 0 radical (unpaired) electrons. The van der Waals surface area contributed by atoms with Crippen LogP contribution in [-0.2, 0) is 6.42 Å². The summed E-state index contributed by atoms with van der Waals surface area (Å²) in [6.45, 7) is 0.690. The van der Waals surface area contributed by atoms with Crippen LogP contribution in [0, 0.1) is 0 Å². The molecule has 0 saturated carbocycles. The summed E-state index contributed by atoms with van der Waals surface area (Å²) < 4.78 is 1.78. The molecule has 0 fully saturated rings. The first-order valence-corrected chi connectivity index (χ1v) is 4.40. The van der Waals surface area contributed by atoms with Gasteiger partial charge in [0, 0.05) is 12.6 Å². The van der Waals surface area contributed by atoms with Gasteiger partial charge in [0.15, 0.2) is 11.5 Å². The summed E-state index contributed by atoms with van der Waals surface area (Å²) in [5.41, 5.74) is 6.31. The first-order valence-electron chi connectivity index (χ1n) is 4.40. The number of fused-ring (bicyclic) bond motifs is 1. The predicted octanol–water partition coefficient (Wildman–Crippen LogP) is 0.621. The second-order valence-corrected chi connectivity index (χ2v) is 2.92. The van der Waals surface area contributed by atoms with Crippen molar-refractivity contribution in [2.45, 2.75) is 12.8 Å². The van der Waals surface area contributed by atoms with Crippen LogP contribution in [-0.4, -0.2) is 21.1 Å². The van der Waals surface area contributed by atoms with Gasteiger partial charge in [-0.15, -0.1) is 0 Å². The number of nitrogens with zero attached hydrogens (tertiary/aromatic N) is 3. The zero-order valence-corrected chi connectivity index (χ0v) is 7.35. The lowest BCUT2D eigenvalue weighted by atomic mass is 10.3. The number of aromatic nitrogens is 3. The van der Waals surface area contributed by atoms with Crippen LogP contribution >= 0.6 is 0 Å². The Morgan fingerprint density at radius 2 is 2.31 bits per heavy atom. The molecule has 4 heteroatoms. The smallest absolute Gasteiger partial charge is 0.155 e. The molecule has 0 atom stereocenters. The molecule has 0 aliphatic heterocycles. The highest BCUT2D eigenvalue weighted by Gasteiger charge is 2.00. The van der Waals surface area contributed by atoms with Crippen molar-refractivity contribution in [3.8, 4) is 0 Å². The molecule has 68 valence electrons. The van der Waals surface area contributed by atoms with Crippen LogP contribution in [0.25, 0.3) is 5.65 Å². The summed E-state index contributed by atoms with van der Waals surface area (Å²) in [6.07, 6.45) is 3.70. The van der Waals surface area contributed by atoms with Crippen molar-refractivity contribution in [3.05, 3.63) is 30.2 Å². The van der Waals surface area contributed by atoms with E-state index in [0.29, 0.717) is 6.54 Å². The Bertz CT molecular complexity index is 360. The summed E-state index contributed by atoms with van der Waals surface area (Å²) >= 11 is 0. The third-order valence-electron chi connectivity index (χ3n) is 1.89. The quantitative estimate of drug-likeness (QED) is 0.745. The van der Waals surface area contributed by atoms with Crippen LogP contribution in [0.15, 0.2) is 24.4 Å². The minimum absolute atomic E-state index is 0.690. The molecular formula is C9H12N4. The summed E-state index contributed by atoms with van der Waals surface area (Å²) in [5, 5.41) is 4.30. The minimum atomic E-state index is 0.690. The van der Waals surface area contributed by atoms with E-state index < -0.39 is 0 Å². The molecule has 2 N–H and O–H groups in total. The number of pyridine rings is 1. The van der Waals surface area contributed by atoms with Crippen molar-refractivity contribution in [2.75, 3.05) is 6.54 Å². The van der Waals surface area contributed by atoms with E-state index in [4.69, 9.17) is 5.73 Å². The van der Waals surface area contributed by atoms with Crippen LogP contribution in [0.3, 0.4) is 0 Å². The Morgan fingerprint density at radius 1 is 1.38 bits per heavy atom. The molecule has 0 aliphatic carbocycles. The highest BCUT2D eigenvalue weighted by atomic mass is 15.3. The average molecular weight is 176 g/mol. The molecule has 13 heavy (non-hydrogen) atoms. The van der Waals surface area contributed by atoms with Crippen molar-refractivity contribution < 1.29 is 0 Å². The standard InChI is InChI=1S/C9H12N4/c10-6-3-4-8-11-9-5-1-2-7-13(9)12-8/h1-2,5,7H,3-4,6,10H2. The monoisotopic (exact) mass is 176 g/mol. The molecule has 2 aromatic rings. The fourth-order valence-corrected chi connectivity index (χ4v) is 1.24. The molecule has 2 heterocycles. The number of aryl methyl sites for hydroxylation is 1. The minimum Gasteiger partial charge on any atom is -0.330 e. The van der Waals surface area contributed by atoms with Gasteiger partial charge in [-0.3, -0.25) is 0 Å². The van der Waals surface area contributed by atoms with Crippen molar-refractivity contribution in [3.63, 3.8) is 0 Å². The van der Waals surface area contributed by atoms with Gasteiger partial charge in [0.1, 0.15) is 0 Å². The highest BCUT2D eigenvalue weighted by molar-refractivity contribution is 5.36. The number of hydrogen-bond acceptors (Lipinski definition) is 3. The summed E-state index contributed by atoms with van der Waals surface area (Å²) in [7, 11) is 0. The van der Waals surface area contributed by atoms with E-state index in [1.807, 2.05) is 24.4 Å². The molecule has 0 unspecified atom stereocenters. The maximum absolute atomic E-state index is 5.41. The van der Waals surface area contributed by atoms with Gasteiger partial charge >= 0.3 is 0 Å². The number of hydrogen-bond donors (Lipinski definition) is 1. The fourth-order valence-electron chi connectivity index (χ4n) is 1.24. The van der Waals surface area contributed by atoms with Crippen molar-refractivity contribution in [1.29, 1.82) is 0 Å². The second kappa shape index (κ2) is 3.53. The molecular weight excluding hydrogens is 164 g/mol. The molecule has 2 aromatic heterocycles.